The summed E-state index contributed by atoms with van der Waals surface area (Å²) in [6.45, 7) is 4.74. The molecule has 150 valence electrons. The van der Waals surface area contributed by atoms with E-state index in [9.17, 15) is 4.79 Å². The lowest BCUT2D eigenvalue weighted by molar-refractivity contribution is -0.125. The molecular weight excluding hydrogens is 372 g/mol. The highest BCUT2D eigenvalue weighted by atomic mass is 16.5. The largest absolute Gasteiger partial charge is 0.497 e. The van der Waals surface area contributed by atoms with E-state index in [0.717, 1.165) is 12.0 Å². The number of carbonyl (C=O) groups is 1. The van der Waals surface area contributed by atoms with Crippen LogP contribution in [0.3, 0.4) is 0 Å². The zero-order valence-electron chi connectivity index (χ0n) is 16.3. The smallest absolute Gasteiger partial charge is 0.246 e. The van der Waals surface area contributed by atoms with E-state index in [1.807, 2.05) is 16.8 Å². The van der Waals surface area contributed by atoms with Crippen molar-refractivity contribution in [1.82, 2.24) is 24.6 Å². The number of hydrogen-bond donors (Lipinski definition) is 1. The Kier molecular flexibility index (Phi) is 4.79. The maximum absolute atomic E-state index is 12.0. The molecule has 2 N–H and O–H groups in total. The third-order valence-electron chi connectivity index (χ3n) is 5.14. The Balaban J connectivity index is 1.85. The van der Waals surface area contributed by atoms with Crippen molar-refractivity contribution in [2.24, 2.45) is 0 Å². The molecule has 1 saturated heterocycles. The van der Waals surface area contributed by atoms with Gasteiger partial charge in [-0.1, -0.05) is 6.58 Å². The molecule has 0 spiro atoms. The Bertz CT molecular complexity index is 1070. The molecule has 3 heterocycles. The predicted octanol–water partition coefficient (Wildman–Crippen LogP) is 2.05. The van der Waals surface area contributed by atoms with E-state index in [0.29, 0.717) is 47.1 Å². The second kappa shape index (κ2) is 7.42. The average Bonchev–Trinajstić information content (AvgIpc) is 3.38. The summed E-state index contributed by atoms with van der Waals surface area (Å²) in [5.41, 5.74) is 8.25. The number of nitrogens with two attached hydrogens (primary N) is 1. The van der Waals surface area contributed by atoms with Crippen molar-refractivity contribution < 1.29 is 14.3 Å². The summed E-state index contributed by atoms with van der Waals surface area (Å²) in [4.78, 5) is 22.3. The third kappa shape index (κ3) is 3.24. The van der Waals surface area contributed by atoms with Gasteiger partial charge in [0, 0.05) is 24.7 Å². The molecule has 0 saturated carbocycles. The fraction of sp³-hybridized carbons (Fsp3) is 0.300. The first-order valence-corrected chi connectivity index (χ1v) is 9.19. The van der Waals surface area contributed by atoms with Crippen LogP contribution in [0.25, 0.3) is 22.3 Å². The van der Waals surface area contributed by atoms with Gasteiger partial charge >= 0.3 is 0 Å². The highest BCUT2D eigenvalue weighted by Gasteiger charge is 2.30. The van der Waals surface area contributed by atoms with Crippen molar-refractivity contribution >= 4 is 22.8 Å². The number of benzene rings is 1. The van der Waals surface area contributed by atoms with Gasteiger partial charge in [-0.2, -0.15) is 5.10 Å². The van der Waals surface area contributed by atoms with Crippen LogP contribution >= 0.6 is 0 Å². The maximum Gasteiger partial charge on any atom is 0.246 e. The van der Waals surface area contributed by atoms with E-state index in [-0.39, 0.29) is 11.9 Å². The van der Waals surface area contributed by atoms with Crippen LogP contribution < -0.4 is 15.2 Å². The molecule has 0 aliphatic carbocycles. The van der Waals surface area contributed by atoms with Crippen LogP contribution in [0.1, 0.15) is 12.5 Å². The van der Waals surface area contributed by atoms with Gasteiger partial charge in [0.05, 0.1) is 25.6 Å². The van der Waals surface area contributed by atoms with Crippen LogP contribution in [0.15, 0.2) is 37.2 Å². The number of anilines is 1. The number of nitrogens with zero attached hydrogens (tertiary/aromatic N) is 5. The summed E-state index contributed by atoms with van der Waals surface area (Å²) in [6.07, 6.45) is 3.52. The van der Waals surface area contributed by atoms with Gasteiger partial charge < -0.3 is 20.1 Å². The topological polar surface area (TPSA) is 108 Å². The Morgan fingerprint density at radius 2 is 1.97 bits per heavy atom. The number of aromatic nitrogens is 4. The zero-order chi connectivity index (χ0) is 20.5. The number of ether oxygens (including phenoxy) is 2. The standard InChI is InChI=1S/C20H22N6O3/c1-4-16(27)25-6-5-13(10-25)26-20-17(19(21)22-11-23-20)18(24-26)12-7-14(28-2)9-15(8-12)29-3/h4,7-9,11,13H,1,5-6,10H2,2-3H3,(H2,21,22,23). The predicted molar refractivity (Wildman–Crippen MR) is 109 cm³/mol. The minimum Gasteiger partial charge on any atom is -0.497 e. The van der Waals surface area contributed by atoms with Gasteiger partial charge in [-0.05, 0) is 24.6 Å². The summed E-state index contributed by atoms with van der Waals surface area (Å²) >= 11 is 0. The van der Waals surface area contributed by atoms with Crippen LogP contribution in [-0.2, 0) is 4.79 Å². The Morgan fingerprint density at radius 1 is 1.24 bits per heavy atom. The van der Waals surface area contributed by atoms with Crippen LogP contribution in [-0.4, -0.2) is 57.9 Å². The van der Waals surface area contributed by atoms with E-state index in [4.69, 9.17) is 20.3 Å². The van der Waals surface area contributed by atoms with Gasteiger partial charge in [0.15, 0.2) is 5.65 Å². The van der Waals surface area contributed by atoms with E-state index < -0.39 is 0 Å². The molecule has 1 atom stereocenters. The Labute approximate surface area is 167 Å². The molecule has 29 heavy (non-hydrogen) atoms. The number of carbonyl (C=O) groups excluding carboxylic acids is 1. The number of likely N-dealkylation sites (tertiary alicyclic amines) is 1. The van der Waals surface area contributed by atoms with Crippen molar-refractivity contribution in [2.45, 2.75) is 12.5 Å². The number of fused-ring (bicyclic) bond motifs is 1. The number of amides is 1. The van der Waals surface area contributed by atoms with E-state index in [1.165, 1.54) is 12.4 Å². The summed E-state index contributed by atoms with van der Waals surface area (Å²) in [7, 11) is 3.19. The van der Waals surface area contributed by atoms with Crippen molar-refractivity contribution in [3.63, 3.8) is 0 Å². The highest BCUT2D eigenvalue weighted by molar-refractivity contribution is 5.98. The van der Waals surface area contributed by atoms with E-state index in [1.54, 1.807) is 25.2 Å². The van der Waals surface area contributed by atoms with Gasteiger partial charge in [-0.15, -0.1) is 0 Å². The van der Waals surface area contributed by atoms with E-state index in [2.05, 4.69) is 16.5 Å². The van der Waals surface area contributed by atoms with Crippen LogP contribution in [0.4, 0.5) is 5.82 Å². The number of nitrogen functional groups attached to an aromatic ring is 1. The first kappa shape index (κ1) is 18.7. The maximum atomic E-state index is 12.0. The Morgan fingerprint density at radius 3 is 2.62 bits per heavy atom. The second-order valence-electron chi connectivity index (χ2n) is 6.78. The van der Waals surface area contributed by atoms with Crippen molar-refractivity contribution in [1.29, 1.82) is 0 Å². The molecule has 1 fully saturated rings. The lowest BCUT2D eigenvalue weighted by Crippen LogP contribution is -2.27. The number of methoxy groups -OCH3 is 2. The molecule has 9 nitrogen and oxygen atoms in total. The lowest BCUT2D eigenvalue weighted by Gasteiger charge is -2.14. The minimum absolute atomic E-state index is 0.0167. The summed E-state index contributed by atoms with van der Waals surface area (Å²) in [6, 6.07) is 5.50. The lowest BCUT2D eigenvalue weighted by atomic mass is 10.1. The van der Waals surface area contributed by atoms with Crippen molar-refractivity contribution in [2.75, 3.05) is 33.0 Å². The number of rotatable bonds is 5. The van der Waals surface area contributed by atoms with Crippen molar-refractivity contribution in [3.8, 4) is 22.8 Å². The monoisotopic (exact) mass is 394 g/mol. The van der Waals surface area contributed by atoms with Crippen LogP contribution in [0.5, 0.6) is 11.5 Å². The van der Waals surface area contributed by atoms with Gasteiger partial charge in [0.1, 0.15) is 29.3 Å². The SMILES string of the molecule is C=CC(=O)N1CCC(n2nc(-c3cc(OC)cc(OC)c3)c3c(N)ncnc32)C1. The van der Waals surface area contributed by atoms with Gasteiger partial charge in [-0.3, -0.25) is 4.79 Å². The molecule has 0 radical (unpaired) electrons. The fourth-order valence-corrected chi connectivity index (χ4v) is 3.67. The molecule has 4 rings (SSSR count). The summed E-state index contributed by atoms with van der Waals surface area (Å²) in [5, 5.41) is 5.50. The third-order valence-corrected chi connectivity index (χ3v) is 5.14. The quantitative estimate of drug-likeness (QED) is 0.660. The molecule has 0 bridgehead atoms. The Hall–Kier alpha value is -3.62. The molecule has 1 aromatic carbocycles. The molecule has 2 aromatic heterocycles. The van der Waals surface area contributed by atoms with Gasteiger partial charge in [0.25, 0.3) is 0 Å². The van der Waals surface area contributed by atoms with E-state index >= 15 is 0 Å². The van der Waals surface area contributed by atoms with Crippen molar-refractivity contribution in [3.05, 3.63) is 37.2 Å². The fourth-order valence-electron chi connectivity index (χ4n) is 3.67. The molecule has 1 unspecified atom stereocenters. The highest BCUT2D eigenvalue weighted by Crippen LogP contribution is 2.36. The first-order valence-electron chi connectivity index (χ1n) is 9.19. The average molecular weight is 394 g/mol. The summed E-state index contributed by atoms with van der Waals surface area (Å²) in [5.74, 6) is 1.54. The molecule has 3 aromatic rings. The first-order chi connectivity index (χ1) is 14.0. The zero-order valence-corrected chi connectivity index (χ0v) is 16.3. The molecule has 1 aliphatic heterocycles. The van der Waals surface area contributed by atoms with Gasteiger partial charge in [-0.25, -0.2) is 14.6 Å². The normalized spacial score (nSPS) is 16.2. The molecular formula is C20H22N6O3. The van der Waals surface area contributed by atoms with Crippen LogP contribution in [0, 0.1) is 0 Å². The summed E-state index contributed by atoms with van der Waals surface area (Å²) < 4.78 is 12.6. The van der Waals surface area contributed by atoms with Crippen LogP contribution in [0.2, 0.25) is 0 Å². The molecule has 9 heteroatoms. The van der Waals surface area contributed by atoms with Gasteiger partial charge in [0.2, 0.25) is 5.91 Å². The molecule has 1 amide bonds. The minimum atomic E-state index is -0.0872. The molecule has 1 aliphatic rings. The number of hydrogen-bond acceptors (Lipinski definition) is 7. The second-order valence-corrected chi connectivity index (χ2v) is 6.78.